The molecule has 0 amide bonds. The van der Waals surface area contributed by atoms with E-state index in [2.05, 4.69) is 0 Å². The second-order valence-electron chi connectivity index (χ2n) is 5.46. The Kier molecular flexibility index (Phi) is 6.01. The Bertz CT molecular complexity index is 952. The van der Waals surface area contributed by atoms with E-state index < -0.39 is 27.9 Å². The van der Waals surface area contributed by atoms with E-state index in [4.69, 9.17) is 5.11 Å². The molecule has 0 bridgehead atoms. The highest BCUT2D eigenvalue weighted by atomic mass is 32.2. The van der Waals surface area contributed by atoms with Crippen molar-refractivity contribution in [2.24, 2.45) is 0 Å². The maximum Gasteiger partial charge on any atom is 0.321 e. The van der Waals surface area contributed by atoms with Crippen LogP contribution in [0.3, 0.4) is 0 Å². The van der Waals surface area contributed by atoms with Crippen LogP contribution in [-0.4, -0.2) is 31.3 Å². The van der Waals surface area contributed by atoms with Gasteiger partial charge in [-0.2, -0.15) is 4.72 Å². The van der Waals surface area contributed by atoms with Crippen molar-refractivity contribution in [3.63, 3.8) is 0 Å². The summed E-state index contributed by atoms with van der Waals surface area (Å²) in [6.07, 6.45) is 2.70. The number of hydrogen-bond acceptors (Lipinski definition) is 4. The lowest BCUT2D eigenvalue weighted by atomic mass is 10.1. The molecule has 2 rings (SSSR count). The first kappa shape index (κ1) is 19.5. The first-order chi connectivity index (χ1) is 12.2. The highest BCUT2D eigenvalue weighted by Crippen LogP contribution is 2.13. The molecule has 2 aromatic carbocycles. The average molecular weight is 377 g/mol. The van der Waals surface area contributed by atoms with Crippen LogP contribution < -0.4 is 4.72 Å². The second kappa shape index (κ2) is 8.03. The lowest BCUT2D eigenvalue weighted by Crippen LogP contribution is -2.38. The number of hydrogen-bond donors (Lipinski definition) is 2. The Morgan fingerprint density at radius 1 is 1.15 bits per heavy atom. The van der Waals surface area contributed by atoms with Crippen molar-refractivity contribution < 1.29 is 27.5 Å². The molecule has 0 radical (unpaired) electrons. The van der Waals surface area contributed by atoms with Crippen LogP contribution in [0.4, 0.5) is 4.39 Å². The summed E-state index contributed by atoms with van der Waals surface area (Å²) in [6, 6.07) is 9.49. The van der Waals surface area contributed by atoms with E-state index in [1.807, 2.05) is 4.72 Å². The van der Waals surface area contributed by atoms with E-state index in [9.17, 15) is 22.4 Å². The van der Waals surface area contributed by atoms with Crippen LogP contribution in [0.15, 0.2) is 59.5 Å². The third kappa shape index (κ3) is 5.08. The van der Waals surface area contributed by atoms with E-state index in [0.29, 0.717) is 5.56 Å². The number of nitrogens with one attached hydrogen (secondary N) is 1. The normalized spacial score (nSPS) is 12.8. The van der Waals surface area contributed by atoms with Gasteiger partial charge in [-0.3, -0.25) is 9.59 Å². The zero-order valence-corrected chi connectivity index (χ0v) is 14.5. The van der Waals surface area contributed by atoms with E-state index in [1.165, 1.54) is 61.5 Å². The van der Waals surface area contributed by atoms with Crippen LogP contribution in [0.1, 0.15) is 22.8 Å². The number of aliphatic carboxylic acids is 1. The average Bonchev–Trinajstić information content (AvgIpc) is 2.59. The van der Waals surface area contributed by atoms with Crippen LogP contribution in [0, 0.1) is 5.82 Å². The van der Waals surface area contributed by atoms with E-state index in [1.54, 1.807) is 6.07 Å². The van der Waals surface area contributed by atoms with E-state index >= 15 is 0 Å². The molecule has 0 aromatic heterocycles. The number of benzene rings is 2. The number of carboxylic acid groups (broad SMARTS) is 1. The molecule has 0 aliphatic heterocycles. The summed E-state index contributed by atoms with van der Waals surface area (Å²) in [4.78, 5) is 22.7. The van der Waals surface area contributed by atoms with Crippen molar-refractivity contribution in [2.45, 2.75) is 17.9 Å². The molecule has 0 aliphatic carbocycles. The van der Waals surface area contributed by atoms with Gasteiger partial charge in [0.05, 0.1) is 4.90 Å². The number of ketones is 1. The number of carboxylic acids is 1. The van der Waals surface area contributed by atoms with Crippen LogP contribution in [0.5, 0.6) is 0 Å². The molecule has 2 N–H and O–H groups in total. The van der Waals surface area contributed by atoms with Gasteiger partial charge in [0.2, 0.25) is 10.0 Å². The van der Waals surface area contributed by atoms with Crippen molar-refractivity contribution in [3.05, 3.63) is 71.6 Å². The van der Waals surface area contributed by atoms with Crippen LogP contribution in [0.2, 0.25) is 0 Å². The quantitative estimate of drug-likeness (QED) is 0.570. The minimum absolute atomic E-state index is 0.156. The molecule has 1 unspecified atom stereocenters. The van der Waals surface area contributed by atoms with Crippen molar-refractivity contribution in [2.75, 3.05) is 0 Å². The SMILES string of the molecule is CC(NS(=O)(=O)c1ccc(C(=O)/C=C/c2cccc(F)c2)cc1)C(=O)O. The second-order valence-corrected chi connectivity index (χ2v) is 7.17. The molecule has 0 heterocycles. The van der Waals surface area contributed by atoms with E-state index in [-0.39, 0.29) is 16.2 Å². The van der Waals surface area contributed by atoms with E-state index in [0.717, 1.165) is 0 Å². The van der Waals surface area contributed by atoms with Gasteiger partial charge in [-0.15, -0.1) is 0 Å². The number of sulfonamides is 1. The topological polar surface area (TPSA) is 101 Å². The van der Waals surface area contributed by atoms with Gasteiger partial charge in [-0.05, 0) is 55.0 Å². The van der Waals surface area contributed by atoms with Gasteiger partial charge in [-0.1, -0.05) is 18.2 Å². The van der Waals surface area contributed by atoms with Crippen molar-refractivity contribution in [1.82, 2.24) is 4.72 Å². The molecule has 0 saturated heterocycles. The minimum Gasteiger partial charge on any atom is -0.480 e. The number of carbonyl (C=O) groups is 2. The fraction of sp³-hybridized carbons (Fsp3) is 0.111. The summed E-state index contributed by atoms with van der Waals surface area (Å²) in [5.41, 5.74) is 0.757. The fourth-order valence-electron chi connectivity index (χ4n) is 2.03. The predicted molar refractivity (Wildman–Crippen MR) is 93.6 cm³/mol. The van der Waals surface area contributed by atoms with Crippen LogP contribution in [-0.2, 0) is 14.8 Å². The highest BCUT2D eigenvalue weighted by Gasteiger charge is 2.21. The zero-order chi connectivity index (χ0) is 19.3. The standard InChI is InChI=1S/C18H16FNO5S/c1-12(18(22)23)20-26(24,25)16-8-6-14(7-9-16)17(21)10-5-13-3-2-4-15(19)11-13/h2-12,20H,1H3,(H,22,23)/b10-5+. The summed E-state index contributed by atoms with van der Waals surface area (Å²) < 4.78 is 39.2. The number of carbonyl (C=O) groups excluding carboxylic acids is 1. The fourth-order valence-corrected chi connectivity index (χ4v) is 3.22. The van der Waals surface area contributed by atoms with Gasteiger partial charge in [0.25, 0.3) is 0 Å². The largest absolute Gasteiger partial charge is 0.480 e. The van der Waals surface area contributed by atoms with Crippen LogP contribution >= 0.6 is 0 Å². The highest BCUT2D eigenvalue weighted by molar-refractivity contribution is 7.89. The van der Waals surface area contributed by atoms with Crippen LogP contribution in [0.25, 0.3) is 6.08 Å². The molecule has 0 spiro atoms. The summed E-state index contributed by atoms with van der Waals surface area (Å²) in [7, 11) is -4.01. The van der Waals surface area contributed by atoms with Gasteiger partial charge in [0.15, 0.2) is 5.78 Å². The third-order valence-corrected chi connectivity index (χ3v) is 4.98. The zero-order valence-electron chi connectivity index (χ0n) is 13.7. The first-order valence-electron chi connectivity index (χ1n) is 7.52. The first-order valence-corrected chi connectivity index (χ1v) is 9.00. The molecular formula is C18H16FNO5S. The van der Waals surface area contributed by atoms with Gasteiger partial charge < -0.3 is 5.11 Å². The molecule has 0 aliphatic rings. The molecule has 0 fully saturated rings. The van der Waals surface area contributed by atoms with Gasteiger partial charge >= 0.3 is 5.97 Å². The Hall–Kier alpha value is -2.84. The monoisotopic (exact) mass is 377 g/mol. The smallest absolute Gasteiger partial charge is 0.321 e. The lowest BCUT2D eigenvalue weighted by molar-refractivity contribution is -0.138. The number of allylic oxidation sites excluding steroid dienone is 1. The van der Waals surface area contributed by atoms with Gasteiger partial charge in [-0.25, -0.2) is 12.8 Å². The third-order valence-electron chi connectivity index (χ3n) is 3.43. The van der Waals surface area contributed by atoms with Crippen molar-refractivity contribution >= 4 is 27.9 Å². The molecule has 6 nitrogen and oxygen atoms in total. The molecule has 0 saturated carbocycles. The molecule has 136 valence electrons. The molecule has 2 aromatic rings. The Morgan fingerprint density at radius 2 is 1.81 bits per heavy atom. The maximum absolute atomic E-state index is 13.1. The molecule has 26 heavy (non-hydrogen) atoms. The van der Waals surface area contributed by atoms with Gasteiger partial charge in [0, 0.05) is 5.56 Å². The van der Waals surface area contributed by atoms with Crippen molar-refractivity contribution in [3.8, 4) is 0 Å². The summed E-state index contributed by atoms with van der Waals surface area (Å²) in [6.45, 7) is 1.20. The molecule has 1 atom stereocenters. The molecule has 8 heteroatoms. The predicted octanol–water partition coefficient (Wildman–Crippen LogP) is 2.47. The number of rotatable bonds is 7. The summed E-state index contributed by atoms with van der Waals surface area (Å²) in [5.74, 6) is -2.11. The minimum atomic E-state index is -4.01. The maximum atomic E-state index is 13.1. The Balaban J connectivity index is 2.13. The summed E-state index contributed by atoms with van der Waals surface area (Å²) in [5, 5.41) is 8.78. The summed E-state index contributed by atoms with van der Waals surface area (Å²) >= 11 is 0. The Morgan fingerprint density at radius 3 is 2.38 bits per heavy atom. The van der Waals surface area contributed by atoms with Gasteiger partial charge in [0.1, 0.15) is 11.9 Å². The van der Waals surface area contributed by atoms with Crippen molar-refractivity contribution in [1.29, 1.82) is 0 Å². The Labute approximate surface area is 150 Å². The molecular weight excluding hydrogens is 361 g/mol. The number of halogens is 1. The lowest BCUT2D eigenvalue weighted by Gasteiger charge is -2.10.